The number of nitrogens with one attached hydrogen (secondary N) is 1. The first-order valence-corrected chi connectivity index (χ1v) is 5.27. The van der Waals surface area contributed by atoms with Crippen molar-refractivity contribution >= 4 is 17.4 Å². The topological polar surface area (TPSA) is 28.2 Å². The molecule has 15 heavy (non-hydrogen) atoms. The zero-order valence-corrected chi connectivity index (χ0v) is 9.09. The highest BCUT2D eigenvalue weighted by Crippen LogP contribution is 2.23. The largest absolute Gasteiger partial charge is 0.353 e. The molecular weight excluding hydrogens is 210 g/mol. The van der Waals surface area contributed by atoms with Gasteiger partial charge in [0, 0.05) is 37.9 Å². The van der Waals surface area contributed by atoms with Gasteiger partial charge in [0.2, 0.25) is 0 Å². The number of anilines is 1. The summed E-state index contributed by atoms with van der Waals surface area (Å²) in [7, 11) is 0. The van der Waals surface area contributed by atoms with Crippen LogP contribution in [0.2, 0.25) is 5.02 Å². The van der Waals surface area contributed by atoms with Crippen LogP contribution in [0.25, 0.3) is 0 Å². The van der Waals surface area contributed by atoms with Crippen LogP contribution in [0.3, 0.4) is 0 Å². The molecule has 0 spiro atoms. The smallest absolute Gasteiger partial charge is 0.147 e. The molecule has 2 heterocycles. The summed E-state index contributed by atoms with van der Waals surface area (Å²) in [5.74, 6) is 3.35. The number of hydrogen-bond acceptors (Lipinski definition) is 3. The van der Waals surface area contributed by atoms with Gasteiger partial charge in [0.05, 0.1) is 5.02 Å². The summed E-state index contributed by atoms with van der Waals surface area (Å²) < 4.78 is 0. The summed E-state index contributed by atoms with van der Waals surface area (Å²) in [5, 5.41) is 3.91. The van der Waals surface area contributed by atoms with E-state index in [-0.39, 0.29) is 0 Å². The minimum Gasteiger partial charge on any atom is -0.353 e. The minimum absolute atomic E-state index is 0.632. The highest BCUT2D eigenvalue weighted by atomic mass is 35.5. The van der Waals surface area contributed by atoms with Gasteiger partial charge in [-0.25, -0.2) is 4.98 Å². The molecule has 1 aromatic heterocycles. The number of aromatic nitrogens is 1. The molecule has 0 unspecified atom stereocenters. The Balaban J connectivity index is 2.24. The van der Waals surface area contributed by atoms with E-state index in [0.29, 0.717) is 5.02 Å². The molecule has 2 rings (SSSR count). The molecule has 0 saturated carbocycles. The van der Waals surface area contributed by atoms with Gasteiger partial charge in [-0.2, -0.15) is 0 Å². The van der Waals surface area contributed by atoms with E-state index in [1.54, 1.807) is 12.3 Å². The molecule has 0 bridgehead atoms. The van der Waals surface area contributed by atoms with Crippen LogP contribution in [0.1, 0.15) is 5.56 Å². The molecule has 78 valence electrons. The predicted octanol–water partition coefficient (Wildman–Crippen LogP) is 1.13. The molecule has 0 amide bonds. The lowest BCUT2D eigenvalue weighted by molar-refractivity contribution is 0.585. The van der Waals surface area contributed by atoms with Gasteiger partial charge in [-0.3, -0.25) is 0 Å². The molecule has 1 saturated heterocycles. The molecule has 1 aliphatic rings. The normalized spacial score (nSPS) is 16.1. The monoisotopic (exact) mass is 221 g/mol. The summed E-state index contributed by atoms with van der Waals surface area (Å²) in [5.41, 5.74) is 0.721. The third kappa shape index (κ3) is 2.23. The van der Waals surface area contributed by atoms with Crippen LogP contribution in [0.4, 0.5) is 5.82 Å². The molecule has 0 atom stereocenters. The molecule has 1 aliphatic heterocycles. The summed E-state index contributed by atoms with van der Waals surface area (Å²) in [6.45, 7) is 3.80. The highest BCUT2D eigenvalue weighted by molar-refractivity contribution is 6.33. The van der Waals surface area contributed by atoms with E-state index in [9.17, 15) is 0 Å². The van der Waals surface area contributed by atoms with Crippen molar-refractivity contribution in [3.05, 3.63) is 22.8 Å². The van der Waals surface area contributed by atoms with E-state index in [0.717, 1.165) is 37.6 Å². The lowest BCUT2D eigenvalue weighted by Crippen LogP contribution is -2.44. The van der Waals surface area contributed by atoms with E-state index < -0.39 is 0 Å². The van der Waals surface area contributed by atoms with E-state index in [1.807, 2.05) is 0 Å². The van der Waals surface area contributed by atoms with Crippen LogP contribution >= 0.6 is 11.6 Å². The van der Waals surface area contributed by atoms with Crippen LogP contribution in [0.15, 0.2) is 12.3 Å². The van der Waals surface area contributed by atoms with Gasteiger partial charge in [0.25, 0.3) is 0 Å². The number of nitrogens with zero attached hydrogens (tertiary/aromatic N) is 2. The van der Waals surface area contributed by atoms with Crippen LogP contribution in [-0.2, 0) is 0 Å². The third-order valence-corrected chi connectivity index (χ3v) is 2.68. The maximum atomic E-state index is 6.12. The highest BCUT2D eigenvalue weighted by Gasteiger charge is 2.14. The van der Waals surface area contributed by atoms with Gasteiger partial charge in [-0.05, 0) is 6.07 Å². The lowest BCUT2D eigenvalue weighted by Gasteiger charge is -2.28. The van der Waals surface area contributed by atoms with Gasteiger partial charge >= 0.3 is 0 Å². The predicted molar refractivity (Wildman–Crippen MR) is 62.3 cm³/mol. The van der Waals surface area contributed by atoms with E-state index >= 15 is 0 Å². The standard InChI is InChI=1S/C11H12ClN3/c1-2-9-7-10(12)11(14-8-9)15-5-3-13-4-6-15/h1,7-8,13H,3-6H2. The molecule has 0 aromatic carbocycles. The lowest BCUT2D eigenvalue weighted by atomic mass is 10.2. The van der Waals surface area contributed by atoms with Crippen LogP contribution in [-0.4, -0.2) is 31.2 Å². The first-order chi connectivity index (χ1) is 7.31. The number of halogens is 1. The van der Waals surface area contributed by atoms with Crippen molar-refractivity contribution < 1.29 is 0 Å². The maximum Gasteiger partial charge on any atom is 0.147 e. The molecule has 1 N–H and O–H groups in total. The van der Waals surface area contributed by atoms with Gasteiger partial charge < -0.3 is 10.2 Å². The van der Waals surface area contributed by atoms with Gasteiger partial charge in [-0.1, -0.05) is 17.5 Å². The van der Waals surface area contributed by atoms with Crippen molar-refractivity contribution in [2.75, 3.05) is 31.1 Å². The Morgan fingerprint density at radius 2 is 2.20 bits per heavy atom. The fourth-order valence-corrected chi connectivity index (χ4v) is 1.90. The molecule has 0 aliphatic carbocycles. The fraction of sp³-hybridized carbons (Fsp3) is 0.364. The van der Waals surface area contributed by atoms with E-state index in [1.165, 1.54) is 0 Å². The minimum atomic E-state index is 0.632. The number of terminal acetylenes is 1. The average molecular weight is 222 g/mol. The first-order valence-electron chi connectivity index (χ1n) is 4.89. The van der Waals surface area contributed by atoms with Crippen molar-refractivity contribution in [1.29, 1.82) is 0 Å². The Morgan fingerprint density at radius 3 is 2.80 bits per heavy atom. The molecule has 1 aromatic rings. The summed E-state index contributed by atoms with van der Waals surface area (Å²) in [6, 6.07) is 1.78. The van der Waals surface area contributed by atoms with E-state index in [4.69, 9.17) is 18.0 Å². The Morgan fingerprint density at radius 1 is 1.47 bits per heavy atom. The van der Waals surface area contributed by atoms with Crippen molar-refractivity contribution in [3.63, 3.8) is 0 Å². The van der Waals surface area contributed by atoms with Crippen molar-refractivity contribution in [3.8, 4) is 12.3 Å². The van der Waals surface area contributed by atoms with Crippen LogP contribution in [0, 0.1) is 12.3 Å². The molecular formula is C11H12ClN3. The number of rotatable bonds is 1. The van der Waals surface area contributed by atoms with Crippen LogP contribution < -0.4 is 10.2 Å². The number of pyridine rings is 1. The second-order valence-corrected chi connectivity index (χ2v) is 3.82. The summed E-state index contributed by atoms with van der Waals surface area (Å²) >= 11 is 6.12. The molecule has 4 heteroatoms. The van der Waals surface area contributed by atoms with E-state index in [2.05, 4.69) is 21.1 Å². The van der Waals surface area contributed by atoms with Crippen molar-refractivity contribution in [2.45, 2.75) is 0 Å². The Labute approximate surface area is 94.4 Å². The zero-order chi connectivity index (χ0) is 10.7. The second kappa shape index (κ2) is 4.52. The quantitative estimate of drug-likeness (QED) is 0.721. The van der Waals surface area contributed by atoms with Gasteiger partial charge in [-0.15, -0.1) is 6.42 Å². The first kappa shape index (κ1) is 10.3. The van der Waals surface area contributed by atoms with Gasteiger partial charge in [0.15, 0.2) is 0 Å². The maximum absolute atomic E-state index is 6.12. The third-order valence-electron chi connectivity index (χ3n) is 2.40. The van der Waals surface area contributed by atoms with Crippen LogP contribution in [0.5, 0.6) is 0 Å². The number of hydrogen-bond donors (Lipinski definition) is 1. The van der Waals surface area contributed by atoms with Crippen molar-refractivity contribution in [2.24, 2.45) is 0 Å². The summed E-state index contributed by atoms with van der Waals surface area (Å²) in [6.07, 6.45) is 6.96. The molecule has 3 nitrogen and oxygen atoms in total. The zero-order valence-electron chi connectivity index (χ0n) is 8.33. The SMILES string of the molecule is C#Cc1cnc(N2CCNCC2)c(Cl)c1. The second-order valence-electron chi connectivity index (χ2n) is 3.41. The molecule has 1 fully saturated rings. The Kier molecular flexibility index (Phi) is 3.10. The number of piperazine rings is 1. The fourth-order valence-electron chi connectivity index (χ4n) is 1.62. The van der Waals surface area contributed by atoms with Crippen molar-refractivity contribution in [1.82, 2.24) is 10.3 Å². The summed E-state index contributed by atoms with van der Waals surface area (Å²) in [4.78, 5) is 6.46. The molecule has 0 radical (unpaired) electrons. The average Bonchev–Trinajstić information content (AvgIpc) is 2.30. The Hall–Kier alpha value is -1.24. The Bertz CT molecular complexity index is 391. The van der Waals surface area contributed by atoms with Gasteiger partial charge in [0.1, 0.15) is 5.82 Å².